The van der Waals surface area contributed by atoms with Crippen LogP contribution in [0.4, 0.5) is 0 Å². The Balaban J connectivity index is 1.69. The Kier molecular flexibility index (Phi) is 3.95. The number of carbonyl (C=O) groups is 1. The lowest BCUT2D eigenvalue weighted by Crippen LogP contribution is -2.36. The van der Waals surface area contributed by atoms with Gasteiger partial charge >= 0.3 is 0 Å². The number of hydrogen-bond acceptors (Lipinski definition) is 6. The van der Waals surface area contributed by atoms with Gasteiger partial charge in [-0.2, -0.15) is 0 Å². The minimum atomic E-state index is -0.165. The van der Waals surface area contributed by atoms with Crippen molar-refractivity contribution in [1.29, 1.82) is 0 Å². The molecule has 0 spiro atoms. The molecule has 6 nitrogen and oxygen atoms in total. The average Bonchev–Trinajstić information content (AvgIpc) is 3.29. The SMILES string of the molecule is N[C@@H]1CCN(C(=O)Cn2cnc3scc(-c4cccs4)c3c2=O)C1. The Hall–Kier alpha value is -2.03. The molecule has 0 bridgehead atoms. The average molecular weight is 360 g/mol. The van der Waals surface area contributed by atoms with Crippen LogP contribution in [-0.4, -0.2) is 39.5 Å². The smallest absolute Gasteiger partial charge is 0.263 e. The summed E-state index contributed by atoms with van der Waals surface area (Å²) < 4.78 is 1.40. The van der Waals surface area contributed by atoms with Crippen LogP contribution < -0.4 is 11.3 Å². The van der Waals surface area contributed by atoms with Gasteiger partial charge in [-0.3, -0.25) is 14.2 Å². The number of nitrogens with two attached hydrogens (primary N) is 1. The summed E-state index contributed by atoms with van der Waals surface area (Å²) in [6.45, 7) is 1.22. The number of likely N-dealkylation sites (tertiary alicyclic amines) is 1. The predicted molar refractivity (Wildman–Crippen MR) is 96.4 cm³/mol. The first-order chi connectivity index (χ1) is 11.6. The second-order valence-corrected chi connectivity index (χ2v) is 7.68. The standard InChI is InChI=1S/C16H16N4O2S2/c17-10-3-4-19(6-10)13(21)7-20-9-18-15-14(16(20)22)11(8-24-15)12-2-1-5-23-12/h1-2,5,8-10H,3-4,6-7,17H2/t10-/m1/s1. The van der Waals surface area contributed by atoms with E-state index in [1.165, 1.54) is 22.2 Å². The van der Waals surface area contributed by atoms with Crippen molar-refractivity contribution in [1.82, 2.24) is 14.5 Å². The van der Waals surface area contributed by atoms with Gasteiger partial charge < -0.3 is 10.6 Å². The summed E-state index contributed by atoms with van der Waals surface area (Å²) in [5.41, 5.74) is 6.58. The Morgan fingerprint density at radius 2 is 2.29 bits per heavy atom. The molecule has 0 radical (unpaired) electrons. The lowest BCUT2D eigenvalue weighted by molar-refractivity contribution is -0.130. The van der Waals surface area contributed by atoms with Crippen LogP contribution >= 0.6 is 22.7 Å². The normalized spacial score (nSPS) is 17.7. The first kappa shape index (κ1) is 15.5. The molecule has 2 N–H and O–H groups in total. The van der Waals surface area contributed by atoms with Gasteiger partial charge in [0, 0.05) is 35.0 Å². The fraction of sp³-hybridized carbons (Fsp3) is 0.312. The number of carbonyl (C=O) groups excluding carboxylic acids is 1. The van der Waals surface area contributed by atoms with Crippen molar-refractivity contribution in [3.05, 3.63) is 39.6 Å². The molecule has 24 heavy (non-hydrogen) atoms. The van der Waals surface area contributed by atoms with Gasteiger partial charge in [0.15, 0.2) is 0 Å². The first-order valence-corrected chi connectivity index (χ1v) is 9.43. The van der Waals surface area contributed by atoms with Gasteiger partial charge in [0.25, 0.3) is 5.56 Å². The van der Waals surface area contributed by atoms with Gasteiger partial charge in [0.2, 0.25) is 5.91 Å². The molecule has 3 aromatic heterocycles. The van der Waals surface area contributed by atoms with Crippen LogP contribution in [0.5, 0.6) is 0 Å². The molecule has 1 aliphatic rings. The summed E-state index contributed by atoms with van der Waals surface area (Å²) in [5, 5.41) is 4.53. The minimum absolute atomic E-state index is 0.00816. The van der Waals surface area contributed by atoms with Crippen molar-refractivity contribution in [2.24, 2.45) is 5.73 Å². The number of rotatable bonds is 3. The lowest BCUT2D eigenvalue weighted by atomic mass is 10.2. The first-order valence-electron chi connectivity index (χ1n) is 7.67. The fourth-order valence-electron chi connectivity index (χ4n) is 2.95. The van der Waals surface area contributed by atoms with Gasteiger partial charge in [-0.15, -0.1) is 22.7 Å². The maximum Gasteiger partial charge on any atom is 0.263 e. The van der Waals surface area contributed by atoms with Crippen LogP contribution in [0.2, 0.25) is 0 Å². The number of aromatic nitrogens is 2. The number of amides is 1. The lowest BCUT2D eigenvalue weighted by Gasteiger charge is -2.16. The zero-order valence-electron chi connectivity index (χ0n) is 12.8. The van der Waals surface area contributed by atoms with E-state index in [-0.39, 0.29) is 24.1 Å². The topological polar surface area (TPSA) is 81.2 Å². The molecule has 1 aliphatic heterocycles. The van der Waals surface area contributed by atoms with Gasteiger partial charge in [0.1, 0.15) is 11.4 Å². The molecule has 0 aromatic carbocycles. The number of thiophene rings is 2. The third kappa shape index (κ3) is 2.66. The maximum atomic E-state index is 12.9. The van der Waals surface area contributed by atoms with E-state index in [4.69, 9.17) is 5.73 Å². The summed E-state index contributed by atoms with van der Waals surface area (Å²) in [7, 11) is 0. The molecule has 0 unspecified atom stereocenters. The highest BCUT2D eigenvalue weighted by atomic mass is 32.1. The molecule has 1 saturated heterocycles. The van der Waals surface area contributed by atoms with Crippen molar-refractivity contribution in [3.63, 3.8) is 0 Å². The van der Waals surface area contributed by atoms with Crippen LogP contribution in [0.3, 0.4) is 0 Å². The monoisotopic (exact) mass is 360 g/mol. The molecular formula is C16H16N4O2S2. The van der Waals surface area contributed by atoms with Gasteiger partial charge in [0.05, 0.1) is 11.7 Å². The third-order valence-corrected chi connectivity index (χ3v) is 6.02. The summed E-state index contributed by atoms with van der Waals surface area (Å²) in [6, 6.07) is 3.98. The highest BCUT2D eigenvalue weighted by Crippen LogP contribution is 2.33. The van der Waals surface area contributed by atoms with Crippen molar-refractivity contribution >= 4 is 38.8 Å². The highest BCUT2D eigenvalue weighted by Gasteiger charge is 2.24. The van der Waals surface area contributed by atoms with Crippen LogP contribution in [0.25, 0.3) is 20.7 Å². The van der Waals surface area contributed by atoms with E-state index < -0.39 is 0 Å². The molecule has 3 aromatic rings. The number of nitrogens with zero attached hydrogens (tertiary/aromatic N) is 3. The Morgan fingerprint density at radius 3 is 3.00 bits per heavy atom. The minimum Gasteiger partial charge on any atom is -0.340 e. The molecule has 4 heterocycles. The van der Waals surface area contributed by atoms with E-state index in [2.05, 4.69) is 4.98 Å². The van der Waals surface area contributed by atoms with Crippen LogP contribution in [0, 0.1) is 0 Å². The second kappa shape index (κ2) is 6.12. The van der Waals surface area contributed by atoms with Gasteiger partial charge in [-0.1, -0.05) is 6.07 Å². The molecule has 0 saturated carbocycles. The molecule has 1 atom stereocenters. The predicted octanol–water partition coefficient (Wildman–Crippen LogP) is 1.75. The maximum absolute atomic E-state index is 12.9. The van der Waals surface area contributed by atoms with Gasteiger partial charge in [-0.25, -0.2) is 4.98 Å². The zero-order valence-corrected chi connectivity index (χ0v) is 14.5. The van der Waals surface area contributed by atoms with E-state index in [0.717, 1.165) is 16.9 Å². The summed E-state index contributed by atoms with van der Waals surface area (Å²) >= 11 is 3.04. The van der Waals surface area contributed by atoms with Crippen LogP contribution in [0.15, 0.2) is 34.0 Å². The van der Waals surface area contributed by atoms with Gasteiger partial charge in [-0.05, 0) is 17.9 Å². The fourth-order valence-corrected chi connectivity index (χ4v) is 4.67. The molecule has 1 amide bonds. The van der Waals surface area contributed by atoms with E-state index in [1.807, 2.05) is 22.9 Å². The van der Waals surface area contributed by atoms with E-state index in [1.54, 1.807) is 16.2 Å². The Labute approximate surface area is 146 Å². The van der Waals surface area contributed by atoms with Crippen molar-refractivity contribution < 1.29 is 4.79 Å². The molecule has 1 fully saturated rings. The van der Waals surface area contributed by atoms with Crippen LogP contribution in [0.1, 0.15) is 6.42 Å². The number of hydrogen-bond donors (Lipinski definition) is 1. The third-order valence-electron chi connectivity index (χ3n) is 4.23. The largest absolute Gasteiger partial charge is 0.340 e. The van der Waals surface area contributed by atoms with E-state index >= 15 is 0 Å². The zero-order chi connectivity index (χ0) is 16.7. The molecule has 8 heteroatoms. The van der Waals surface area contributed by atoms with E-state index in [9.17, 15) is 9.59 Å². The summed E-state index contributed by atoms with van der Waals surface area (Å²) in [4.78, 5) is 33.1. The molecule has 0 aliphatic carbocycles. The quantitative estimate of drug-likeness (QED) is 0.771. The van der Waals surface area contributed by atoms with Crippen molar-refractivity contribution in [3.8, 4) is 10.4 Å². The molecule has 4 rings (SSSR count). The van der Waals surface area contributed by atoms with E-state index in [0.29, 0.717) is 23.3 Å². The highest BCUT2D eigenvalue weighted by molar-refractivity contribution is 7.18. The molecular weight excluding hydrogens is 344 g/mol. The summed E-state index contributed by atoms with van der Waals surface area (Å²) in [5.74, 6) is -0.0842. The Bertz CT molecular complexity index is 945. The second-order valence-electron chi connectivity index (χ2n) is 5.87. The van der Waals surface area contributed by atoms with Crippen molar-refractivity contribution in [2.45, 2.75) is 19.0 Å². The number of fused-ring (bicyclic) bond motifs is 1. The Morgan fingerprint density at radius 1 is 1.42 bits per heavy atom. The van der Waals surface area contributed by atoms with Crippen molar-refractivity contribution in [2.75, 3.05) is 13.1 Å². The van der Waals surface area contributed by atoms with Crippen LogP contribution in [-0.2, 0) is 11.3 Å². The molecule has 124 valence electrons. The summed E-state index contributed by atoms with van der Waals surface area (Å²) in [6.07, 6.45) is 2.28.